The third-order valence-corrected chi connectivity index (χ3v) is 4.91. The van der Waals surface area contributed by atoms with Crippen LogP contribution < -0.4 is 14.7 Å². The zero-order valence-corrected chi connectivity index (χ0v) is 15.2. The highest BCUT2D eigenvalue weighted by Gasteiger charge is 2.29. The number of fused-ring (bicyclic) bond motifs is 1. The van der Waals surface area contributed by atoms with Gasteiger partial charge in [-0.15, -0.1) is 0 Å². The third kappa shape index (κ3) is 3.10. The number of aromatic nitrogens is 2. The number of ether oxygens (including phenoxy) is 1. The van der Waals surface area contributed by atoms with Crippen molar-refractivity contribution in [1.29, 1.82) is 0 Å². The Balaban J connectivity index is 1.75. The lowest BCUT2D eigenvalue weighted by molar-refractivity contribution is -0.117. The first-order valence-electron chi connectivity index (χ1n) is 8.88. The first kappa shape index (κ1) is 16.8. The minimum atomic E-state index is 0.0577. The molecule has 0 bridgehead atoms. The number of nitrogens with zero attached hydrogens (tertiary/aromatic N) is 5. The molecule has 1 saturated heterocycles. The number of anilines is 3. The molecule has 1 aromatic heterocycles. The van der Waals surface area contributed by atoms with Crippen LogP contribution in [0.3, 0.4) is 0 Å². The molecule has 0 N–H and O–H groups in total. The number of likely N-dealkylation sites (N-methyl/N-ethyl adjacent to an activating group) is 1. The molecule has 3 heterocycles. The summed E-state index contributed by atoms with van der Waals surface area (Å²) in [5.41, 5.74) is 3.06. The van der Waals surface area contributed by atoms with Gasteiger partial charge in [0.25, 0.3) is 0 Å². The van der Waals surface area contributed by atoms with Gasteiger partial charge in [-0.05, 0) is 19.1 Å². The lowest BCUT2D eigenvalue weighted by Gasteiger charge is -2.30. The quantitative estimate of drug-likeness (QED) is 0.817. The van der Waals surface area contributed by atoms with E-state index < -0.39 is 0 Å². The zero-order valence-electron chi connectivity index (χ0n) is 15.2. The van der Waals surface area contributed by atoms with Gasteiger partial charge in [-0.1, -0.05) is 17.7 Å². The van der Waals surface area contributed by atoms with Crippen molar-refractivity contribution in [2.45, 2.75) is 13.5 Å². The molecule has 2 aliphatic heterocycles. The van der Waals surface area contributed by atoms with Gasteiger partial charge in [0.15, 0.2) is 0 Å². The van der Waals surface area contributed by atoms with E-state index in [9.17, 15) is 4.79 Å². The molecule has 4 rings (SSSR count). The predicted octanol–water partition coefficient (Wildman–Crippen LogP) is 1.60. The minimum Gasteiger partial charge on any atom is -0.378 e. The normalized spacial score (nSPS) is 17.9. The topological polar surface area (TPSA) is 61.8 Å². The summed E-state index contributed by atoms with van der Waals surface area (Å²) in [7, 11) is 1.91. The standard InChI is InChI=1S/C19H23N5O2/c1-14-3-5-15(6-4-14)24-11-16-18(22(2)12-17(24)25)20-13-21-19(16)23-7-9-26-10-8-23/h3-6,13H,7-12H2,1-2H3. The first-order valence-corrected chi connectivity index (χ1v) is 8.88. The van der Waals surface area contributed by atoms with Crippen molar-refractivity contribution < 1.29 is 9.53 Å². The van der Waals surface area contributed by atoms with E-state index in [1.165, 1.54) is 5.56 Å². The summed E-state index contributed by atoms with van der Waals surface area (Å²) in [4.78, 5) is 27.9. The Morgan fingerprint density at radius 2 is 1.69 bits per heavy atom. The van der Waals surface area contributed by atoms with E-state index >= 15 is 0 Å². The smallest absolute Gasteiger partial charge is 0.246 e. The average molecular weight is 353 g/mol. The van der Waals surface area contributed by atoms with Crippen LogP contribution in [0.25, 0.3) is 0 Å². The molecular weight excluding hydrogens is 330 g/mol. The maximum absolute atomic E-state index is 12.9. The van der Waals surface area contributed by atoms with Crippen molar-refractivity contribution in [3.8, 4) is 0 Å². The lowest BCUT2D eigenvalue weighted by atomic mass is 10.2. The number of benzene rings is 1. The summed E-state index contributed by atoms with van der Waals surface area (Å²) in [6.07, 6.45) is 1.59. The maximum atomic E-state index is 12.9. The second-order valence-electron chi connectivity index (χ2n) is 6.77. The number of rotatable bonds is 2. The van der Waals surface area contributed by atoms with Crippen molar-refractivity contribution in [2.24, 2.45) is 0 Å². The molecule has 0 spiro atoms. The highest BCUT2D eigenvalue weighted by atomic mass is 16.5. The fraction of sp³-hybridized carbons (Fsp3) is 0.421. The number of hydrogen-bond acceptors (Lipinski definition) is 6. The average Bonchev–Trinajstić information content (AvgIpc) is 2.79. The van der Waals surface area contributed by atoms with Crippen LogP contribution in [0.1, 0.15) is 11.1 Å². The largest absolute Gasteiger partial charge is 0.378 e. The summed E-state index contributed by atoms with van der Waals surface area (Å²) in [5.74, 6) is 1.78. The van der Waals surface area contributed by atoms with Crippen LogP contribution in [0.2, 0.25) is 0 Å². The number of amides is 1. The molecule has 1 aromatic carbocycles. The second kappa shape index (κ2) is 6.92. The van der Waals surface area contributed by atoms with Crippen molar-refractivity contribution in [3.63, 3.8) is 0 Å². The molecule has 7 heteroatoms. The van der Waals surface area contributed by atoms with Gasteiger partial charge >= 0.3 is 0 Å². The third-order valence-electron chi connectivity index (χ3n) is 4.91. The van der Waals surface area contributed by atoms with Crippen LogP contribution in [0.15, 0.2) is 30.6 Å². The zero-order chi connectivity index (χ0) is 18.1. The molecule has 0 radical (unpaired) electrons. The molecule has 0 saturated carbocycles. The van der Waals surface area contributed by atoms with Crippen LogP contribution in [-0.2, 0) is 16.1 Å². The highest BCUT2D eigenvalue weighted by molar-refractivity contribution is 5.97. The number of carbonyl (C=O) groups excluding carboxylic acids is 1. The van der Waals surface area contributed by atoms with E-state index in [1.54, 1.807) is 6.33 Å². The number of morpholine rings is 1. The highest BCUT2D eigenvalue weighted by Crippen LogP contribution is 2.32. The molecule has 2 aliphatic rings. The van der Waals surface area contributed by atoms with Crippen molar-refractivity contribution in [1.82, 2.24) is 9.97 Å². The van der Waals surface area contributed by atoms with Crippen LogP contribution in [-0.4, -0.2) is 55.8 Å². The van der Waals surface area contributed by atoms with Crippen LogP contribution >= 0.6 is 0 Å². The van der Waals surface area contributed by atoms with Crippen LogP contribution in [0.4, 0.5) is 17.3 Å². The lowest BCUT2D eigenvalue weighted by Crippen LogP contribution is -2.38. The molecule has 0 aliphatic carbocycles. The maximum Gasteiger partial charge on any atom is 0.246 e. The van der Waals surface area contributed by atoms with Gasteiger partial charge in [-0.25, -0.2) is 9.97 Å². The SMILES string of the molecule is Cc1ccc(N2Cc3c(ncnc3N3CCOCC3)N(C)CC2=O)cc1. The van der Waals surface area contributed by atoms with Crippen molar-refractivity contribution in [2.75, 3.05) is 54.6 Å². The molecule has 26 heavy (non-hydrogen) atoms. The van der Waals surface area contributed by atoms with Gasteiger partial charge in [0, 0.05) is 25.8 Å². The Labute approximate surface area is 153 Å². The Bertz CT molecular complexity index is 802. The summed E-state index contributed by atoms with van der Waals surface area (Å²) in [6, 6.07) is 8.05. The number of aryl methyl sites for hydroxylation is 1. The Kier molecular flexibility index (Phi) is 4.46. The molecule has 136 valence electrons. The molecule has 1 amide bonds. The number of hydrogen-bond donors (Lipinski definition) is 0. The molecule has 2 aromatic rings. The number of carbonyl (C=O) groups is 1. The van der Waals surface area contributed by atoms with Gasteiger partial charge in [-0.2, -0.15) is 0 Å². The Hall–Kier alpha value is -2.67. The first-order chi connectivity index (χ1) is 12.6. The minimum absolute atomic E-state index is 0.0577. The summed E-state index contributed by atoms with van der Waals surface area (Å²) in [6.45, 7) is 5.78. The van der Waals surface area contributed by atoms with Crippen LogP contribution in [0.5, 0.6) is 0 Å². The fourth-order valence-electron chi connectivity index (χ4n) is 3.48. The van der Waals surface area contributed by atoms with Gasteiger partial charge < -0.3 is 19.4 Å². The van der Waals surface area contributed by atoms with E-state index in [2.05, 4.69) is 14.9 Å². The fourth-order valence-corrected chi connectivity index (χ4v) is 3.48. The molecule has 1 fully saturated rings. The monoisotopic (exact) mass is 353 g/mol. The molecule has 7 nitrogen and oxygen atoms in total. The van der Waals surface area contributed by atoms with E-state index in [1.807, 2.05) is 48.0 Å². The van der Waals surface area contributed by atoms with Crippen molar-refractivity contribution >= 4 is 23.2 Å². The summed E-state index contributed by atoms with van der Waals surface area (Å²) >= 11 is 0. The molecular formula is C19H23N5O2. The predicted molar refractivity (Wildman–Crippen MR) is 101 cm³/mol. The molecule has 0 atom stereocenters. The van der Waals surface area contributed by atoms with Gasteiger partial charge in [0.1, 0.15) is 18.0 Å². The van der Waals surface area contributed by atoms with E-state index in [-0.39, 0.29) is 5.91 Å². The van der Waals surface area contributed by atoms with E-state index in [0.717, 1.165) is 36.0 Å². The van der Waals surface area contributed by atoms with Crippen molar-refractivity contribution in [3.05, 3.63) is 41.7 Å². The Morgan fingerprint density at radius 1 is 1.00 bits per heavy atom. The Morgan fingerprint density at radius 3 is 2.42 bits per heavy atom. The van der Waals surface area contributed by atoms with E-state index in [4.69, 9.17) is 4.74 Å². The molecule has 0 unspecified atom stereocenters. The van der Waals surface area contributed by atoms with Gasteiger partial charge in [-0.3, -0.25) is 4.79 Å². The summed E-state index contributed by atoms with van der Waals surface area (Å²) < 4.78 is 5.47. The van der Waals surface area contributed by atoms with Gasteiger partial charge in [0.05, 0.1) is 31.9 Å². The summed E-state index contributed by atoms with van der Waals surface area (Å²) in [5, 5.41) is 0. The van der Waals surface area contributed by atoms with Crippen LogP contribution in [0, 0.1) is 6.92 Å². The van der Waals surface area contributed by atoms with E-state index in [0.29, 0.717) is 26.3 Å². The second-order valence-corrected chi connectivity index (χ2v) is 6.77. The van der Waals surface area contributed by atoms with Gasteiger partial charge in [0.2, 0.25) is 5.91 Å².